The summed E-state index contributed by atoms with van der Waals surface area (Å²) in [5.41, 5.74) is 2.34. The molecule has 0 saturated heterocycles. The van der Waals surface area contributed by atoms with Crippen molar-refractivity contribution in [2.24, 2.45) is 10.2 Å². The minimum absolute atomic E-state index is 0.0164. The molecule has 0 fully saturated rings. The highest BCUT2D eigenvalue weighted by Gasteiger charge is 2.31. The molecule has 2 rings (SSSR count). The molecule has 0 amide bonds. The summed E-state index contributed by atoms with van der Waals surface area (Å²) in [5, 5.41) is 8.39. The summed E-state index contributed by atoms with van der Waals surface area (Å²) < 4.78 is 0. The maximum absolute atomic E-state index is 4.30. The van der Waals surface area contributed by atoms with E-state index in [0.717, 1.165) is 5.70 Å². The molecule has 0 spiro atoms. The van der Waals surface area contributed by atoms with Crippen LogP contribution in [0.5, 0.6) is 0 Å². The van der Waals surface area contributed by atoms with Crippen molar-refractivity contribution in [1.29, 1.82) is 0 Å². The van der Waals surface area contributed by atoms with Gasteiger partial charge >= 0.3 is 0 Å². The van der Waals surface area contributed by atoms with Crippen molar-refractivity contribution in [1.82, 2.24) is 0 Å². The fraction of sp³-hybridized carbons (Fsp3) is 0.385. The van der Waals surface area contributed by atoms with E-state index in [0.29, 0.717) is 0 Å². The van der Waals surface area contributed by atoms with Gasteiger partial charge in [-0.25, -0.2) is 0 Å². The van der Waals surface area contributed by atoms with Crippen LogP contribution in [0, 0.1) is 0 Å². The van der Waals surface area contributed by atoms with Gasteiger partial charge < -0.3 is 0 Å². The largest absolute Gasteiger partial charge is 0.180 e. The second kappa shape index (κ2) is 3.61. The van der Waals surface area contributed by atoms with Gasteiger partial charge in [0.05, 0.1) is 5.70 Å². The molecule has 0 aromatic heterocycles. The number of nitrogens with zero attached hydrogens (tertiary/aromatic N) is 2. The van der Waals surface area contributed by atoms with Crippen molar-refractivity contribution in [2.75, 3.05) is 0 Å². The molecule has 1 atom stereocenters. The first-order chi connectivity index (χ1) is 7.10. The third kappa shape index (κ3) is 1.84. The molecule has 1 aromatic carbocycles. The maximum atomic E-state index is 4.30. The van der Waals surface area contributed by atoms with Crippen LogP contribution in [0.4, 0.5) is 0 Å². The molecule has 1 aliphatic heterocycles. The van der Waals surface area contributed by atoms with E-state index in [1.165, 1.54) is 5.56 Å². The van der Waals surface area contributed by atoms with Crippen molar-refractivity contribution in [3.63, 3.8) is 0 Å². The average molecular weight is 200 g/mol. The zero-order valence-electron chi connectivity index (χ0n) is 9.44. The Morgan fingerprint density at radius 3 is 2.33 bits per heavy atom. The molecule has 78 valence electrons. The van der Waals surface area contributed by atoms with E-state index in [1.54, 1.807) is 0 Å². The Morgan fingerprint density at radius 1 is 1.13 bits per heavy atom. The number of azo groups is 1. The predicted molar refractivity (Wildman–Crippen MR) is 61.9 cm³/mol. The van der Waals surface area contributed by atoms with Crippen molar-refractivity contribution in [2.45, 2.75) is 32.2 Å². The minimum Gasteiger partial charge on any atom is -0.180 e. The lowest BCUT2D eigenvalue weighted by atomic mass is 9.78. The summed E-state index contributed by atoms with van der Waals surface area (Å²) in [6.45, 7) is 6.41. The van der Waals surface area contributed by atoms with Crippen LogP contribution in [0.25, 0.3) is 0 Å². The zero-order valence-corrected chi connectivity index (χ0v) is 9.44. The monoisotopic (exact) mass is 200 g/mol. The van der Waals surface area contributed by atoms with Crippen LogP contribution in [-0.2, 0) is 5.41 Å². The van der Waals surface area contributed by atoms with Crippen LogP contribution >= 0.6 is 0 Å². The normalized spacial score (nSPS) is 20.5. The molecule has 0 aliphatic carbocycles. The van der Waals surface area contributed by atoms with Gasteiger partial charge in [-0.15, -0.1) is 0 Å². The summed E-state index contributed by atoms with van der Waals surface area (Å²) in [6, 6.07) is 10.6. The Labute approximate surface area is 90.7 Å². The SMILES string of the molecule is CC1=CC(C(C)(C)c2ccccc2)N=N1. The first-order valence-corrected chi connectivity index (χ1v) is 5.25. The lowest BCUT2D eigenvalue weighted by molar-refractivity contribution is 0.464. The molecule has 1 aliphatic rings. The molecule has 2 nitrogen and oxygen atoms in total. The highest BCUT2D eigenvalue weighted by molar-refractivity contribution is 5.29. The van der Waals surface area contributed by atoms with E-state index in [1.807, 2.05) is 13.0 Å². The van der Waals surface area contributed by atoms with E-state index in [4.69, 9.17) is 0 Å². The fourth-order valence-corrected chi connectivity index (χ4v) is 1.84. The Morgan fingerprint density at radius 2 is 1.80 bits per heavy atom. The van der Waals surface area contributed by atoms with E-state index >= 15 is 0 Å². The molecule has 1 unspecified atom stereocenters. The fourth-order valence-electron chi connectivity index (χ4n) is 1.84. The molecule has 15 heavy (non-hydrogen) atoms. The lowest BCUT2D eigenvalue weighted by Crippen LogP contribution is -2.29. The van der Waals surface area contributed by atoms with Crippen LogP contribution in [0.15, 0.2) is 52.3 Å². The van der Waals surface area contributed by atoms with E-state index in [9.17, 15) is 0 Å². The first-order valence-electron chi connectivity index (χ1n) is 5.25. The van der Waals surface area contributed by atoms with Crippen LogP contribution in [-0.4, -0.2) is 6.04 Å². The number of hydrogen-bond acceptors (Lipinski definition) is 2. The van der Waals surface area contributed by atoms with Crippen molar-refractivity contribution < 1.29 is 0 Å². The van der Waals surface area contributed by atoms with Gasteiger partial charge in [0.15, 0.2) is 0 Å². The van der Waals surface area contributed by atoms with Crippen LogP contribution in [0.2, 0.25) is 0 Å². The van der Waals surface area contributed by atoms with Crippen LogP contribution in [0.1, 0.15) is 26.3 Å². The minimum atomic E-state index is 0.0164. The van der Waals surface area contributed by atoms with Gasteiger partial charge in [-0.2, -0.15) is 10.2 Å². The van der Waals surface area contributed by atoms with Gasteiger partial charge in [0, 0.05) is 5.41 Å². The van der Waals surface area contributed by atoms with Crippen molar-refractivity contribution >= 4 is 0 Å². The average Bonchev–Trinajstić information content (AvgIpc) is 2.67. The van der Waals surface area contributed by atoms with Crippen molar-refractivity contribution in [3.05, 3.63) is 47.7 Å². The van der Waals surface area contributed by atoms with Crippen LogP contribution in [0.3, 0.4) is 0 Å². The van der Waals surface area contributed by atoms with E-state index in [-0.39, 0.29) is 11.5 Å². The quantitative estimate of drug-likeness (QED) is 0.695. The molecule has 0 N–H and O–H groups in total. The number of allylic oxidation sites excluding steroid dienone is 1. The van der Waals surface area contributed by atoms with Gasteiger partial charge in [-0.1, -0.05) is 44.2 Å². The predicted octanol–water partition coefficient (Wildman–Crippen LogP) is 3.70. The summed E-state index contributed by atoms with van der Waals surface area (Å²) in [5.74, 6) is 0. The molecule has 0 bridgehead atoms. The molecular formula is C13H16N2. The smallest absolute Gasteiger partial charge is 0.100 e. The second-order valence-corrected chi connectivity index (χ2v) is 4.56. The number of benzene rings is 1. The first kappa shape index (κ1) is 10.1. The van der Waals surface area contributed by atoms with Crippen molar-refractivity contribution in [3.8, 4) is 0 Å². The standard InChI is InChI=1S/C13H16N2/c1-10-9-12(15-14-10)13(2,3)11-7-5-4-6-8-11/h4-9,12H,1-3H3. The van der Waals surface area contributed by atoms with Crippen LogP contribution < -0.4 is 0 Å². The van der Waals surface area contributed by atoms with Gasteiger partial charge in [-0.05, 0) is 18.6 Å². The molecule has 1 aromatic rings. The molecule has 0 saturated carbocycles. The molecule has 1 heterocycles. The number of hydrogen-bond donors (Lipinski definition) is 0. The molecular weight excluding hydrogens is 184 g/mol. The summed E-state index contributed by atoms with van der Waals surface area (Å²) in [4.78, 5) is 0. The Kier molecular flexibility index (Phi) is 2.43. The Bertz CT molecular complexity index is 402. The summed E-state index contributed by atoms with van der Waals surface area (Å²) >= 11 is 0. The third-order valence-electron chi connectivity index (χ3n) is 3.00. The topological polar surface area (TPSA) is 24.7 Å². The van der Waals surface area contributed by atoms with Gasteiger partial charge in [0.25, 0.3) is 0 Å². The Balaban J connectivity index is 2.32. The van der Waals surface area contributed by atoms with E-state index in [2.05, 4.69) is 54.4 Å². The van der Waals surface area contributed by atoms with Gasteiger partial charge in [0.1, 0.15) is 6.04 Å². The lowest BCUT2D eigenvalue weighted by Gasteiger charge is -2.27. The summed E-state index contributed by atoms with van der Waals surface area (Å²) in [6.07, 6.45) is 2.13. The highest BCUT2D eigenvalue weighted by atomic mass is 15.2. The van der Waals surface area contributed by atoms with Gasteiger partial charge in [0.2, 0.25) is 0 Å². The molecule has 2 heteroatoms. The van der Waals surface area contributed by atoms with E-state index < -0.39 is 0 Å². The molecule has 0 radical (unpaired) electrons. The second-order valence-electron chi connectivity index (χ2n) is 4.56. The Hall–Kier alpha value is -1.44. The highest BCUT2D eigenvalue weighted by Crippen LogP contribution is 2.33. The maximum Gasteiger partial charge on any atom is 0.100 e. The zero-order chi connectivity index (χ0) is 10.9. The number of rotatable bonds is 2. The third-order valence-corrected chi connectivity index (χ3v) is 3.00. The summed E-state index contributed by atoms with van der Waals surface area (Å²) in [7, 11) is 0. The van der Waals surface area contributed by atoms with Gasteiger partial charge in [-0.3, -0.25) is 0 Å².